The van der Waals surface area contributed by atoms with Gasteiger partial charge in [0.05, 0.1) is 45.9 Å². The highest BCUT2D eigenvalue weighted by atomic mass is 35.5. The minimum Gasteiger partial charge on any atom is -0.494 e. The van der Waals surface area contributed by atoms with Crippen molar-refractivity contribution in [3.05, 3.63) is 123 Å². The summed E-state index contributed by atoms with van der Waals surface area (Å²) in [5, 5.41) is 12.1. The van der Waals surface area contributed by atoms with Crippen molar-refractivity contribution < 1.29 is 51.7 Å². The molecule has 4 aliphatic rings. The van der Waals surface area contributed by atoms with Crippen LogP contribution in [0.15, 0.2) is 84.9 Å². The number of hydrogen-bond acceptors (Lipinski definition) is 8. The van der Waals surface area contributed by atoms with Gasteiger partial charge in [-0.1, -0.05) is 78.9 Å². The fourth-order valence-corrected chi connectivity index (χ4v) is 12.7. The summed E-state index contributed by atoms with van der Waals surface area (Å²) in [6.45, 7) is 4.50. The summed E-state index contributed by atoms with van der Waals surface area (Å²) in [5.41, 5.74) is -1.87. The van der Waals surface area contributed by atoms with Gasteiger partial charge in [0.2, 0.25) is 5.91 Å². The number of halogens is 5. The summed E-state index contributed by atoms with van der Waals surface area (Å²) in [7, 11) is 6.68. The van der Waals surface area contributed by atoms with E-state index in [1.165, 1.54) is 28.4 Å². The Labute approximate surface area is 467 Å². The smallest absolute Gasteiger partial charge is 0.430 e. The molecule has 8 rings (SSSR count). The number of piperidine rings is 2. The van der Waals surface area contributed by atoms with E-state index in [1.807, 2.05) is 31.2 Å². The first kappa shape index (κ1) is 58.6. The lowest BCUT2D eigenvalue weighted by Crippen LogP contribution is -2.57. The second kappa shape index (κ2) is 24.9. The van der Waals surface area contributed by atoms with Crippen LogP contribution in [-0.2, 0) is 27.0 Å². The Kier molecular flexibility index (Phi) is 18.7. The Morgan fingerprint density at radius 1 is 0.705 bits per heavy atom. The maximum absolute atomic E-state index is 14.9. The van der Waals surface area contributed by atoms with Crippen molar-refractivity contribution in [2.45, 2.75) is 127 Å². The second-order valence-electron chi connectivity index (χ2n) is 22.7. The zero-order valence-corrected chi connectivity index (χ0v) is 47.2. The standard InChI is InChI=1S/C61H75Cl2F3N4O8/c1-41(78-49-15-10-13-45(37-49)60(75,61(64,65)66)57(74)69-30-24-42(25-31-69)12-6-9-34-76-47-20-22-50(52(62)38-47)54(71)67(2)3)36-43-16-18-44(19-17-43)59(26-7-8-27-59)56(73)70-32-28-58(29-33-70)40-46(58)14-11-35-77-48-21-23-51(53(63)39-48)55(72)68(4)5/h10,13,15-23,37-39,41-42,46,75H,6-9,11-12,14,24-36,40H2,1-5H3/t41?,46-,60?/m1/s1. The number of nitrogens with zero attached hydrogens (tertiary/aromatic N) is 4. The third-order valence-corrected chi connectivity index (χ3v) is 17.5. The first-order chi connectivity index (χ1) is 37.1. The van der Waals surface area contributed by atoms with E-state index in [2.05, 4.69) is 4.90 Å². The van der Waals surface area contributed by atoms with Gasteiger partial charge in [-0.3, -0.25) is 19.2 Å². The molecule has 0 bridgehead atoms. The van der Waals surface area contributed by atoms with Crippen LogP contribution in [0, 0.1) is 17.3 Å². The summed E-state index contributed by atoms with van der Waals surface area (Å²) in [4.78, 5) is 59.0. The lowest BCUT2D eigenvalue weighted by molar-refractivity contribution is -0.262. The molecule has 4 fully saturated rings. The summed E-state index contributed by atoms with van der Waals surface area (Å²) in [5.74, 6) is 0.581. The highest BCUT2D eigenvalue weighted by Gasteiger charge is 2.62. The number of amides is 4. The maximum Gasteiger partial charge on any atom is 0.430 e. The SMILES string of the molecule is CC(Cc1ccc(C2(C(=O)N3CCC4(CC3)C[C@H]4CCCOc3ccc(C(=O)N(C)C)c(Cl)c3)CCCC2)cc1)Oc1cccc(C(O)(C(=O)N2CCC(CCCCOc3ccc(C(=O)N(C)C)c(Cl)c3)CC2)C(F)(F)F)c1. The molecule has 78 heavy (non-hydrogen) atoms. The molecule has 4 aromatic rings. The zero-order valence-electron chi connectivity index (χ0n) is 45.6. The zero-order chi connectivity index (χ0) is 56.0. The molecule has 2 aliphatic heterocycles. The van der Waals surface area contributed by atoms with Gasteiger partial charge in [-0.15, -0.1) is 0 Å². The Morgan fingerprint density at radius 3 is 1.83 bits per heavy atom. The van der Waals surface area contributed by atoms with Gasteiger partial charge in [-0.25, -0.2) is 0 Å². The molecular formula is C61H75Cl2F3N4O8. The summed E-state index contributed by atoms with van der Waals surface area (Å²) >= 11 is 12.7. The predicted octanol–water partition coefficient (Wildman–Crippen LogP) is 11.9. The summed E-state index contributed by atoms with van der Waals surface area (Å²) in [6, 6.07) is 23.4. The molecule has 2 unspecified atom stereocenters. The first-order valence-electron chi connectivity index (χ1n) is 27.7. The number of ether oxygens (including phenoxy) is 3. The molecule has 0 aromatic heterocycles. The number of aliphatic hydroxyl groups is 1. The van der Waals surface area contributed by atoms with Crippen LogP contribution in [0.25, 0.3) is 0 Å². The molecule has 1 spiro atoms. The van der Waals surface area contributed by atoms with Crippen LogP contribution in [0.3, 0.4) is 0 Å². The average molecular weight is 1120 g/mol. The van der Waals surface area contributed by atoms with Crippen molar-refractivity contribution in [3.63, 3.8) is 0 Å². The fraction of sp³-hybridized carbons (Fsp3) is 0.541. The van der Waals surface area contributed by atoms with E-state index < -0.39 is 34.8 Å². The first-order valence-corrected chi connectivity index (χ1v) is 28.4. The molecule has 12 nitrogen and oxygen atoms in total. The van der Waals surface area contributed by atoms with E-state index in [4.69, 9.17) is 37.4 Å². The van der Waals surface area contributed by atoms with Crippen molar-refractivity contribution in [1.82, 2.24) is 19.6 Å². The maximum atomic E-state index is 14.9. The minimum absolute atomic E-state index is 0.0902. The van der Waals surface area contributed by atoms with E-state index in [9.17, 15) is 37.5 Å². The largest absolute Gasteiger partial charge is 0.494 e. The number of carbonyl (C=O) groups is 4. The molecule has 1 N–H and O–H groups in total. The topological polar surface area (TPSA) is 129 Å². The van der Waals surface area contributed by atoms with Crippen LogP contribution in [-0.4, -0.2) is 128 Å². The van der Waals surface area contributed by atoms with Gasteiger partial charge in [0.15, 0.2) is 0 Å². The van der Waals surface area contributed by atoms with E-state index in [-0.39, 0.29) is 47.9 Å². The van der Waals surface area contributed by atoms with Crippen LogP contribution >= 0.6 is 23.2 Å². The van der Waals surface area contributed by atoms with Gasteiger partial charge in [0.1, 0.15) is 17.2 Å². The molecule has 4 amide bonds. The summed E-state index contributed by atoms with van der Waals surface area (Å²) < 4.78 is 62.8. The molecule has 422 valence electrons. The van der Waals surface area contributed by atoms with Gasteiger partial charge >= 0.3 is 6.18 Å². The van der Waals surface area contributed by atoms with Gasteiger partial charge in [-0.2, -0.15) is 13.2 Å². The number of unbranched alkanes of at least 4 members (excludes halogenated alkanes) is 1. The highest BCUT2D eigenvalue weighted by Crippen LogP contribution is 2.61. The number of likely N-dealkylation sites (tertiary alicyclic amines) is 2. The molecular weight excluding hydrogens is 1040 g/mol. The lowest BCUT2D eigenvalue weighted by Gasteiger charge is -2.39. The Morgan fingerprint density at radius 2 is 1.28 bits per heavy atom. The molecule has 2 aliphatic carbocycles. The summed E-state index contributed by atoms with van der Waals surface area (Å²) in [6.07, 6.45) is 6.75. The van der Waals surface area contributed by atoms with Crippen LogP contribution in [0.2, 0.25) is 10.0 Å². The second-order valence-corrected chi connectivity index (χ2v) is 23.5. The quantitative estimate of drug-likeness (QED) is 0.0817. The molecule has 2 saturated carbocycles. The normalized spacial score (nSPS) is 19.2. The van der Waals surface area contributed by atoms with E-state index >= 15 is 0 Å². The van der Waals surface area contributed by atoms with E-state index in [1.54, 1.807) is 64.6 Å². The Balaban J connectivity index is 0.783. The van der Waals surface area contributed by atoms with Crippen molar-refractivity contribution in [2.24, 2.45) is 17.3 Å². The van der Waals surface area contributed by atoms with Gasteiger partial charge in [0, 0.05) is 66.4 Å². The molecule has 17 heteroatoms. The number of hydrogen-bond donors (Lipinski definition) is 1. The molecule has 2 heterocycles. The van der Waals surface area contributed by atoms with Crippen molar-refractivity contribution >= 4 is 46.8 Å². The van der Waals surface area contributed by atoms with Gasteiger partial charge < -0.3 is 38.9 Å². The Bertz CT molecular complexity index is 2750. The van der Waals surface area contributed by atoms with Crippen LogP contribution in [0.1, 0.15) is 134 Å². The number of rotatable bonds is 21. The number of benzene rings is 4. The fourth-order valence-electron chi connectivity index (χ4n) is 12.2. The van der Waals surface area contributed by atoms with Crippen LogP contribution in [0.4, 0.5) is 13.2 Å². The third-order valence-electron chi connectivity index (χ3n) is 16.9. The number of carbonyl (C=O) groups excluding carboxylic acids is 4. The molecule has 3 atom stereocenters. The third kappa shape index (κ3) is 13.2. The average Bonchev–Trinajstić information content (AvgIpc) is 3.98. The minimum atomic E-state index is -5.30. The number of alkyl halides is 3. The monoisotopic (exact) mass is 1120 g/mol. The van der Waals surface area contributed by atoms with Crippen molar-refractivity contribution in [1.29, 1.82) is 0 Å². The highest BCUT2D eigenvalue weighted by molar-refractivity contribution is 6.34. The van der Waals surface area contributed by atoms with E-state index in [0.717, 1.165) is 112 Å². The van der Waals surface area contributed by atoms with Gasteiger partial charge in [-0.05, 0) is 154 Å². The lowest BCUT2D eigenvalue weighted by atomic mass is 9.76. The molecule has 2 saturated heterocycles. The van der Waals surface area contributed by atoms with Crippen LogP contribution in [0.5, 0.6) is 17.2 Å². The Hall–Kier alpha value is -5.51. The van der Waals surface area contributed by atoms with Crippen molar-refractivity contribution in [3.8, 4) is 17.2 Å². The molecule has 0 radical (unpaired) electrons. The van der Waals surface area contributed by atoms with E-state index in [0.29, 0.717) is 71.1 Å². The van der Waals surface area contributed by atoms with Crippen molar-refractivity contribution in [2.75, 3.05) is 67.6 Å². The van der Waals surface area contributed by atoms with Crippen LogP contribution < -0.4 is 14.2 Å². The van der Waals surface area contributed by atoms with Gasteiger partial charge in [0.25, 0.3) is 23.3 Å². The predicted molar refractivity (Wildman–Crippen MR) is 295 cm³/mol. The molecule has 4 aromatic carbocycles.